The molecule has 0 radical (unpaired) electrons. The van der Waals surface area contributed by atoms with Gasteiger partial charge in [-0.2, -0.15) is 0 Å². The molecule has 0 aromatic heterocycles. The minimum absolute atomic E-state index is 0. The maximum absolute atomic E-state index is 2.39. The standard InChI is InChI=1S/C11H22.CH4/c1-9-5-7-10(8-6-9)11(2,3)4;/h9-10H,5-8H2,1-4H3;1H4. The summed E-state index contributed by atoms with van der Waals surface area (Å²) < 4.78 is 0. The van der Waals surface area contributed by atoms with Gasteiger partial charge < -0.3 is 0 Å². The van der Waals surface area contributed by atoms with Crippen LogP contribution in [0, 0.1) is 17.3 Å². The van der Waals surface area contributed by atoms with E-state index in [2.05, 4.69) is 27.7 Å². The first-order chi connectivity index (χ1) is 5.00. The molecule has 0 aliphatic heterocycles. The van der Waals surface area contributed by atoms with Gasteiger partial charge in [-0.3, -0.25) is 0 Å². The lowest BCUT2D eigenvalue weighted by molar-refractivity contribution is 0.155. The molecule has 1 aliphatic rings. The van der Waals surface area contributed by atoms with E-state index in [9.17, 15) is 0 Å². The molecule has 0 unspecified atom stereocenters. The summed E-state index contributed by atoms with van der Waals surface area (Å²) in [6.07, 6.45) is 5.85. The number of hydrogen-bond donors (Lipinski definition) is 0. The Morgan fingerprint density at radius 1 is 0.917 bits per heavy atom. The minimum atomic E-state index is 0. The SMILES string of the molecule is C.CC1CCC(C(C)(C)C)CC1. The van der Waals surface area contributed by atoms with Crippen molar-refractivity contribution in [3.63, 3.8) is 0 Å². The van der Waals surface area contributed by atoms with E-state index < -0.39 is 0 Å². The summed E-state index contributed by atoms with van der Waals surface area (Å²) >= 11 is 0. The van der Waals surface area contributed by atoms with Gasteiger partial charge in [0.05, 0.1) is 0 Å². The normalized spacial score (nSPS) is 31.0. The van der Waals surface area contributed by atoms with Crippen LogP contribution in [0.3, 0.4) is 0 Å². The van der Waals surface area contributed by atoms with Crippen molar-refractivity contribution in [3.05, 3.63) is 0 Å². The van der Waals surface area contributed by atoms with Crippen LogP contribution in [0.2, 0.25) is 0 Å². The number of hydrogen-bond acceptors (Lipinski definition) is 0. The fourth-order valence-corrected chi connectivity index (χ4v) is 2.13. The lowest BCUT2D eigenvalue weighted by Crippen LogP contribution is -2.24. The van der Waals surface area contributed by atoms with Crippen molar-refractivity contribution in [2.45, 2.75) is 60.8 Å². The van der Waals surface area contributed by atoms with Crippen LogP contribution in [-0.2, 0) is 0 Å². The van der Waals surface area contributed by atoms with Gasteiger partial charge in [0.25, 0.3) is 0 Å². The van der Waals surface area contributed by atoms with E-state index in [0.717, 1.165) is 11.8 Å². The summed E-state index contributed by atoms with van der Waals surface area (Å²) in [5, 5.41) is 0. The molecule has 0 heteroatoms. The molecule has 0 N–H and O–H groups in total. The Morgan fingerprint density at radius 3 is 1.67 bits per heavy atom. The molecule has 1 aliphatic carbocycles. The fourth-order valence-electron chi connectivity index (χ4n) is 2.13. The second kappa shape index (κ2) is 4.30. The highest BCUT2D eigenvalue weighted by Gasteiger charge is 2.27. The highest BCUT2D eigenvalue weighted by Crippen LogP contribution is 2.39. The van der Waals surface area contributed by atoms with Gasteiger partial charge in [-0.25, -0.2) is 0 Å². The van der Waals surface area contributed by atoms with Crippen LogP contribution in [0.25, 0.3) is 0 Å². The van der Waals surface area contributed by atoms with Crippen molar-refractivity contribution < 1.29 is 0 Å². The quantitative estimate of drug-likeness (QED) is 0.502. The second-order valence-electron chi connectivity index (χ2n) is 5.32. The minimum Gasteiger partial charge on any atom is -0.0776 e. The van der Waals surface area contributed by atoms with Crippen molar-refractivity contribution in [3.8, 4) is 0 Å². The zero-order valence-electron chi connectivity index (χ0n) is 8.48. The zero-order valence-corrected chi connectivity index (χ0v) is 8.48. The van der Waals surface area contributed by atoms with Gasteiger partial charge in [0.2, 0.25) is 0 Å². The Hall–Kier alpha value is 0. The topological polar surface area (TPSA) is 0 Å². The van der Waals surface area contributed by atoms with Gasteiger partial charge in [-0.1, -0.05) is 48.0 Å². The zero-order chi connectivity index (χ0) is 8.48. The first-order valence-electron chi connectivity index (χ1n) is 5.00. The van der Waals surface area contributed by atoms with Crippen molar-refractivity contribution in [2.75, 3.05) is 0 Å². The largest absolute Gasteiger partial charge is 0.0776 e. The van der Waals surface area contributed by atoms with Gasteiger partial charge in [0.1, 0.15) is 0 Å². The molecule has 0 heterocycles. The molecule has 1 rings (SSSR count). The van der Waals surface area contributed by atoms with E-state index in [4.69, 9.17) is 0 Å². The maximum Gasteiger partial charge on any atom is -0.0354 e. The predicted molar refractivity (Wildman–Crippen MR) is 57.3 cm³/mol. The monoisotopic (exact) mass is 170 g/mol. The molecule has 0 spiro atoms. The molecule has 0 saturated heterocycles. The maximum atomic E-state index is 2.39. The third kappa shape index (κ3) is 3.16. The number of rotatable bonds is 0. The highest BCUT2D eigenvalue weighted by molar-refractivity contribution is 4.78. The lowest BCUT2D eigenvalue weighted by atomic mass is 9.70. The average Bonchev–Trinajstić information content (AvgIpc) is 1.86. The Kier molecular flexibility index (Phi) is 4.30. The molecule has 0 aromatic rings. The average molecular weight is 170 g/mol. The molecule has 0 aromatic carbocycles. The molecule has 12 heavy (non-hydrogen) atoms. The first-order valence-corrected chi connectivity index (χ1v) is 5.00. The Bertz CT molecular complexity index is 110. The molecular formula is C12H26. The van der Waals surface area contributed by atoms with Crippen LogP contribution in [0.1, 0.15) is 60.8 Å². The van der Waals surface area contributed by atoms with Crippen LogP contribution in [0.4, 0.5) is 0 Å². The van der Waals surface area contributed by atoms with Crippen molar-refractivity contribution in [2.24, 2.45) is 17.3 Å². The van der Waals surface area contributed by atoms with Gasteiger partial charge in [-0.15, -0.1) is 0 Å². The van der Waals surface area contributed by atoms with E-state index in [1.54, 1.807) is 0 Å². The molecule has 0 nitrogen and oxygen atoms in total. The third-order valence-electron chi connectivity index (χ3n) is 3.24. The van der Waals surface area contributed by atoms with E-state index in [-0.39, 0.29) is 7.43 Å². The van der Waals surface area contributed by atoms with Crippen LogP contribution >= 0.6 is 0 Å². The van der Waals surface area contributed by atoms with E-state index in [1.807, 2.05) is 0 Å². The lowest BCUT2D eigenvalue weighted by Gasteiger charge is -2.35. The fraction of sp³-hybridized carbons (Fsp3) is 1.00. The van der Waals surface area contributed by atoms with Crippen LogP contribution in [0.15, 0.2) is 0 Å². The smallest absolute Gasteiger partial charge is 0.0354 e. The molecule has 1 saturated carbocycles. The molecular weight excluding hydrogens is 144 g/mol. The van der Waals surface area contributed by atoms with Gasteiger partial charge >= 0.3 is 0 Å². The van der Waals surface area contributed by atoms with Crippen molar-refractivity contribution >= 4 is 0 Å². The Labute approximate surface area is 78.8 Å². The van der Waals surface area contributed by atoms with Gasteiger partial charge in [0, 0.05) is 0 Å². The van der Waals surface area contributed by atoms with Crippen molar-refractivity contribution in [1.29, 1.82) is 0 Å². The summed E-state index contributed by atoms with van der Waals surface area (Å²) in [6, 6.07) is 0. The summed E-state index contributed by atoms with van der Waals surface area (Å²) in [5.41, 5.74) is 0.556. The summed E-state index contributed by atoms with van der Waals surface area (Å²) in [7, 11) is 0. The Balaban J connectivity index is 0.00000121. The van der Waals surface area contributed by atoms with Gasteiger partial charge in [0.15, 0.2) is 0 Å². The van der Waals surface area contributed by atoms with Gasteiger partial charge in [-0.05, 0) is 30.1 Å². The molecule has 0 amide bonds. The highest BCUT2D eigenvalue weighted by atomic mass is 14.3. The van der Waals surface area contributed by atoms with Crippen molar-refractivity contribution in [1.82, 2.24) is 0 Å². The molecule has 1 fully saturated rings. The van der Waals surface area contributed by atoms with E-state index in [1.165, 1.54) is 25.7 Å². The van der Waals surface area contributed by atoms with E-state index in [0.29, 0.717) is 5.41 Å². The molecule has 0 atom stereocenters. The van der Waals surface area contributed by atoms with Crippen LogP contribution < -0.4 is 0 Å². The predicted octanol–water partition coefficient (Wildman–Crippen LogP) is 4.49. The van der Waals surface area contributed by atoms with Crippen LogP contribution in [-0.4, -0.2) is 0 Å². The first kappa shape index (κ1) is 12.0. The van der Waals surface area contributed by atoms with Crippen LogP contribution in [0.5, 0.6) is 0 Å². The summed E-state index contributed by atoms with van der Waals surface area (Å²) in [6.45, 7) is 9.54. The summed E-state index contributed by atoms with van der Waals surface area (Å²) in [5.74, 6) is 1.98. The Morgan fingerprint density at radius 2 is 1.33 bits per heavy atom. The second-order valence-corrected chi connectivity index (χ2v) is 5.32. The molecule has 74 valence electrons. The summed E-state index contributed by atoms with van der Waals surface area (Å²) in [4.78, 5) is 0. The van der Waals surface area contributed by atoms with E-state index >= 15 is 0 Å². The molecule has 0 bridgehead atoms. The third-order valence-corrected chi connectivity index (χ3v) is 3.24.